The summed E-state index contributed by atoms with van der Waals surface area (Å²) in [5.74, 6) is 4.64. The Morgan fingerprint density at radius 2 is 2.25 bits per heavy atom. The Bertz CT molecular complexity index is 683. The van der Waals surface area contributed by atoms with Crippen LogP contribution in [-0.4, -0.2) is 21.7 Å². The van der Waals surface area contributed by atoms with Crippen LogP contribution < -0.4 is 11.3 Å². The lowest BCUT2D eigenvalue weighted by Crippen LogP contribution is -2.30. The molecule has 2 heterocycles. The number of aromatic nitrogens is 1. The summed E-state index contributed by atoms with van der Waals surface area (Å²) in [6, 6.07) is 7.54. The molecule has 0 spiro atoms. The van der Waals surface area contributed by atoms with Gasteiger partial charge in [-0.2, -0.15) is 0 Å². The smallest absolute Gasteiger partial charge is 0.294 e. The van der Waals surface area contributed by atoms with Gasteiger partial charge in [0.15, 0.2) is 5.01 Å². The van der Waals surface area contributed by atoms with Crippen LogP contribution in [0.4, 0.5) is 0 Å². The molecule has 0 fully saturated rings. The highest BCUT2D eigenvalue weighted by molar-refractivity contribution is 7.11. The van der Waals surface area contributed by atoms with Gasteiger partial charge in [-0.25, -0.2) is 10.8 Å². The van der Waals surface area contributed by atoms with Gasteiger partial charge < -0.3 is 4.90 Å². The number of amides is 2. The van der Waals surface area contributed by atoms with E-state index in [2.05, 4.69) is 4.98 Å². The molecule has 2 aromatic rings. The van der Waals surface area contributed by atoms with Gasteiger partial charge in [0.2, 0.25) is 0 Å². The van der Waals surface area contributed by atoms with Crippen LogP contribution in [0.15, 0.2) is 29.6 Å². The normalized spacial score (nSPS) is 13.4. The summed E-state index contributed by atoms with van der Waals surface area (Å²) in [6.45, 7) is 0.965. The first kappa shape index (κ1) is 12.8. The third-order valence-corrected chi connectivity index (χ3v) is 4.02. The van der Waals surface area contributed by atoms with Crippen LogP contribution in [0.5, 0.6) is 0 Å². The molecule has 0 bridgehead atoms. The van der Waals surface area contributed by atoms with Gasteiger partial charge >= 0.3 is 0 Å². The average Bonchev–Trinajstić information content (AvgIpc) is 3.05. The van der Waals surface area contributed by atoms with E-state index in [0.717, 1.165) is 11.1 Å². The molecular formula is C13H12N4O2S. The minimum absolute atomic E-state index is 0.00146. The van der Waals surface area contributed by atoms with Crippen LogP contribution in [0, 0.1) is 0 Å². The molecule has 20 heavy (non-hydrogen) atoms. The van der Waals surface area contributed by atoms with Crippen molar-refractivity contribution in [2.75, 3.05) is 0 Å². The molecule has 2 amide bonds. The number of rotatable bonds is 3. The van der Waals surface area contributed by atoms with Gasteiger partial charge in [0.1, 0.15) is 0 Å². The monoisotopic (exact) mass is 288 g/mol. The number of nitrogens with zero attached hydrogens (tertiary/aromatic N) is 2. The maximum atomic E-state index is 12.2. The van der Waals surface area contributed by atoms with Crippen molar-refractivity contribution in [1.29, 1.82) is 0 Å². The molecule has 0 unspecified atom stereocenters. The lowest BCUT2D eigenvalue weighted by molar-refractivity contribution is 0.0765. The molecule has 0 atom stereocenters. The van der Waals surface area contributed by atoms with Crippen LogP contribution in [-0.2, 0) is 13.1 Å². The lowest BCUT2D eigenvalue weighted by atomic mass is 10.1. The van der Waals surface area contributed by atoms with E-state index in [1.54, 1.807) is 10.3 Å². The number of benzene rings is 1. The number of carbonyl (C=O) groups is 2. The molecular weight excluding hydrogens is 276 g/mol. The van der Waals surface area contributed by atoms with Crippen molar-refractivity contribution in [3.05, 3.63) is 51.5 Å². The van der Waals surface area contributed by atoms with Crippen molar-refractivity contribution >= 4 is 23.2 Å². The van der Waals surface area contributed by atoms with Crippen molar-refractivity contribution < 1.29 is 9.59 Å². The minimum Gasteiger partial charge on any atom is -0.328 e. The van der Waals surface area contributed by atoms with Gasteiger partial charge in [-0.3, -0.25) is 15.0 Å². The van der Waals surface area contributed by atoms with Gasteiger partial charge in [-0.05, 0) is 11.6 Å². The second-order valence-electron chi connectivity index (χ2n) is 4.44. The molecule has 1 aliphatic rings. The van der Waals surface area contributed by atoms with Crippen molar-refractivity contribution in [3.63, 3.8) is 0 Å². The van der Waals surface area contributed by atoms with Gasteiger partial charge in [0, 0.05) is 17.5 Å². The first-order chi connectivity index (χ1) is 9.69. The van der Waals surface area contributed by atoms with E-state index >= 15 is 0 Å². The van der Waals surface area contributed by atoms with Crippen LogP contribution >= 0.6 is 11.3 Å². The Morgan fingerprint density at radius 1 is 1.45 bits per heavy atom. The highest BCUT2D eigenvalue weighted by atomic mass is 32.1. The topological polar surface area (TPSA) is 88.3 Å². The van der Waals surface area contributed by atoms with E-state index in [4.69, 9.17) is 5.84 Å². The largest absolute Gasteiger partial charge is 0.328 e. The number of thiazole rings is 1. The van der Waals surface area contributed by atoms with E-state index in [1.807, 2.05) is 29.7 Å². The molecule has 3 N–H and O–H groups in total. The summed E-state index contributed by atoms with van der Waals surface area (Å²) >= 11 is 1.21. The Labute approximate surface area is 119 Å². The zero-order valence-corrected chi connectivity index (χ0v) is 11.3. The Hall–Kier alpha value is -2.25. The number of nitrogens with one attached hydrogen (secondary N) is 1. The zero-order chi connectivity index (χ0) is 14.1. The van der Waals surface area contributed by atoms with E-state index in [9.17, 15) is 9.59 Å². The minimum atomic E-state index is -0.419. The third-order valence-electron chi connectivity index (χ3n) is 3.13. The molecule has 0 aliphatic carbocycles. The zero-order valence-electron chi connectivity index (χ0n) is 10.5. The summed E-state index contributed by atoms with van der Waals surface area (Å²) in [7, 11) is 0. The maximum absolute atomic E-state index is 12.2. The SMILES string of the molecule is NNC(=O)c1nc(CN2Cc3ccccc3C2=O)cs1. The van der Waals surface area contributed by atoms with Crippen LogP contribution in [0.3, 0.4) is 0 Å². The highest BCUT2D eigenvalue weighted by Crippen LogP contribution is 2.24. The fourth-order valence-corrected chi connectivity index (χ4v) is 2.89. The standard InChI is InChI=1S/C13H12N4O2S/c14-16-11(18)12-15-9(7-20-12)6-17-5-8-3-1-2-4-10(8)13(17)19/h1-4,7H,5-6,14H2,(H,16,18). The predicted molar refractivity (Wildman–Crippen MR) is 73.8 cm³/mol. The number of carbonyl (C=O) groups excluding carboxylic acids is 2. The Kier molecular flexibility index (Phi) is 3.21. The molecule has 0 radical (unpaired) electrons. The van der Waals surface area contributed by atoms with Gasteiger partial charge in [0.05, 0.1) is 12.2 Å². The Balaban J connectivity index is 1.76. The van der Waals surface area contributed by atoms with Crippen molar-refractivity contribution in [1.82, 2.24) is 15.3 Å². The first-order valence-electron chi connectivity index (χ1n) is 6.01. The summed E-state index contributed by atoms with van der Waals surface area (Å²) < 4.78 is 0. The molecule has 7 heteroatoms. The summed E-state index contributed by atoms with van der Waals surface area (Å²) in [4.78, 5) is 29.4. The second-order valence-corrected chi connectivity index (χ2v) is 5.29. The van der Waals surface area contributed by atoms with Gasteiger partial charge in [-0.15, -0.1) is 11.3 Å². The fraction of sp³-hybridized carbons (Fsp3) is 0.154. The molecule has 0 saturated heterocycles. The molecule has 1 aromatic carbocycles. The molecule has 102 valence electrons. The molecule has 6 nitrogen and oxygen atoms in total. The quantitative estimate of drug-likeness (QED) is 0.499. The van der Waals surface area contributed by atoms with Crippen LogP contribution in [0.1, 0.15) is 31.4 Å². The third kappa shape index (κ3) is 2.17. The molecule has 1 aromatic heterocycles. The molecule has 3 rings (SSSR count). The number of hydrogen-bond acceptors (Lipinski definition) is 5. The van der Waals surface area contributed by atoms with E-state index in [0.29, 0.717) is 23.8 Å². The lowest BCUT2D eigenvalue weighted by Gasteiger charge is -2.13. The number of hydrazine groups is 1. The van der Waals surface area contributed by atoms with Gasteiger partial charge in [-0.1, -0.05) is 18.2 Å². The fourth-order valence-electron chi connectivity index (χ4n) is 2.18. The summed E-state index contributed by atoms with van der Waals surface area (Å²) in [5, 5.41) is 2.06. The summed E-state index contributed by atoms with van der Waals surface area (Å²) in [6.07, 6.45) is 0. The van der Waals surface area contributed by atoms with Crippen molar-refractivity contribution in [3.8, 4) is 0 Å². The average molecular weight is 288 g/mol. The second kappa shape index (κ2) is 5.03. The van der Waals surface area contributed by atoms with Crippen LogP contribution in [0.25, 0.3) is 0 Å². The predicted octanol–water partition coefficient (Wildman–Crippen LogP) is 0.903. The number of nitrogen functional groups attached to an aromatic ring is 1. The molecule has 1 aliphatic heterocycles. The van der Waals surface area contributed by atoms with Crippen molar-refractivity contribution in [2.24, 2.45) is 5.84 Å². The van der Waals surface area contributed by atoms with Crippen molar-refractivity contribution in [2.45, 2.75) is 13.1 Å². The van der Waals surface area contributed by atoms with E-state index in [-0.39, 0.29) is 5.91 Å². The van der Waals surface area contributed by atoms with E-state index < -0.39 is 5.91 Å². The number of hydrogen-bond donors (Lipinski definition) is 2. The number of nitrogens with two attached hydrogens (primary N) is 1. The molecule has 0 saturated carbocycles. The first-order valence-corrected chi connectivity index (χ1v) is 6.89. The van der Waals surface area contributed by atoms with Crippen LogP contribution in [0.2, 0.25) is 0 Å². The maximum Gasteiger partial charge on any atom is 0.294 e. The Morgan fingerprint density at radius 3 is 3.00 bits per heavy atom. The highest BCUT2D eigenvalue weighted by Gasteiger charge is 2.27. The van der Waals surface area contributed by atoms with Gasteiger partial charge in [0.25, 0.3) is 11.8 Å². The number of fused-ring (bicyclic) bond motifs is 1. The summed E-state index contributed by atoms with van der Waals surface area (Å²) in [5.41, 5.74) is 4.49. The van der Waals surface area contributed by atoms with E-state index in [1.165, 1.54) is 11.3 Å².